The molecule has 8 heteroatoms. The molecule has 1 atom stereocenters. The standard InChI is InChI=1S/C26H32FN3O4/c27-21-7-5-6-20(16-21)26(11-3-1-2-4-12-26)25(32)34-22-17-30(13-8-19(22)9-14-30)18-24(31)28-23-10-15-33-29-23/h5-7,10,15-16,19,22H,1-4,8-9,11-14,17-18H2/p+1. The first kappa shape index (κ1) is 23.0. The minimum atomic E-state index is -0.792. The number of benzene rings is 1. The van der Waals surface area contributed by atoms with E-state index in [2.05, 4.69) is 10.5 Å². The first-order valence-corrected chi connectivity index (χ1v) is 12.5. The lowest BCUT2D eigenvalue weighted by molar-refractivity contribution is -0.939. The summed E-state index contributed by atoms with van der Waals surface area (Å²) in [5.74, 6) is 0.0732. The van der Waals surface area contributed by atoms with Gasteiger partial charge in [0.2, 0.25) is 0 Å². The Hall–Kier alpha value is -2.74. The van der Waals surface area contributed by atoms with Gasteiger partial charge in [-0.2, -0.15) is 0 Å². The van der Waals surface area contributed by atoms with E-state index in [-0.39, 0.29) is 23.8 Å². The number of quaternary nitrogens is 1. The fourth-order valence-corrected chi connectivity index (χ4v) is 6.32. The van der Waals surface area contributed by atoms with E-state index in [1.807, 2.05) is 6.07 Å². The fourth-order valence-electron chi connectivity index (χ4n) is 6.32. The van der Waals surface area contributed by atoms with Crippen LogP contribution in [0.15, 0.2) is 41.1 Å². The zero-order valence-corrected chi connectivity index (χ0v) is 19.5. The maximum Gasteiger partial charge on any atom is 0.317 e. The molecular formula is C26H33FN3O4+. The highest BCUT2D eigenvalue weighted by atomic mass is 19.1. The number of amides is 1. The highest BCUT2D eigenvalue weighted by Crippen LogP contribution is 2.42. The van der Waals surface area contributed by atoms with Crippen LogP contribution in [0.2, 0.25) is 0 Å². The van der Waals surface area contributed by atoms with Crippen LogP contribution in [0.4, 0.5) is 10.2 Å². The summed E-state index contributed by atoms with van der Waals surface area (Å²) < 4.78 is 25.8. The topological polar surface area (TPSA) is 81.4 Å². The second-order valence-corrected chi connectivity index (χ2v) is 10.4. The van der Waals surface area contributed by atoms with Crippen LogP contribution in [0.1, 0.15) is 56.9 Å². The lowest BCUT2D eigenvalue weighted by Gasteiger charge is -2.52. The molecule has 4 fully saturated rings. The van der Waals surface area contributed by atoms with Gasteiger partial charge in [-0.25, -0.2) is 4.39 Å². The molecule has 1 aliphatic carbocycles. The molecule has 7 nitrogen and oxygen atoms in total. The number of esters is 1. The number of carbonyl (C=O) groups excluding carboxylic acids is 2. The van der Waals surface area contributed by atoms with Gasteiger partial charge in [-0.05, 0) is 30.5 Å². The number of fused-ring (bicyclic) bond motifs is 3. The third-order valence-electron chi connectivity index (χ3n) is 8.21. The number of hydrogen-bond acceptors (Lipinski definition) is 5. The van der Waals surface area contributed by atoms with E-state index < -0.39 is 5.41 Å². The van der Waals surface area contributed by atoms with Crippen molar-refractivity contribution < 1.29 is 27.7 Å². The monoisotopic (exact) mass is 470 g/mol. The molecule has 1 aromatic heterocycles. The van der Waals surface area contributed by atoms with E-state index in [9.17, 15) is 14.0 Å². The number of aromatic nitrogens is 1. The van der Waals surface area contributed by atoms with Gasteiger partial charge < -0.3 is 19.1 Å². The lowest BCUT2D eigenvalue weighted by Crippen LogP contribution is -2.66. The third kappa shape index (κ3) is 4.60. The Morgan fingerprint density at radius 2 is 1.91 bits per heavy atom. The number of nitrogens with zero attached hydrogens (tertiary/aromatic N) is 2. The van der Waals surface area contributed by atoms with E-state index in [0.717, 1.165) is 57.2 Å². The molecule has 3 saturated heterocycles. The van der Waals surface area contributed by atoms with Crippen molar-refractivity contribution in [3.63, 3.8) is 0 Å². The van der Waals surface area contributed by atoms with Gasteiger partial charge in [-0.3, -0.25) is 9.59 Å². The summed E-state index contributed by atoms with van der Waals surface area (Å²) in [7, 11) is 0. The average molecular weight is 471 g/mol. The van der Waals surface area contributed by atoms with Gasteiger partial charge in [0.05, 0.1) is 18.5 Å². The summed E-state index contributed by atoms with van der Waals surface area (Å²) in [5, 5.41) is 6.54. The summed E-state index contributed by atoms with van der Waals surface area (Å²) in [6.45, 7) is 2.77. The van der Waals surface area contributed by atoms with Gasteiger partial charge in [0.15, 0.2) is 18.5 Å². The van der Waals surface area contributed by atoms with Crippen LogP contribution in [-0.4, -0.2) is 53.8 Å². The van der Waals surface area contributed by atoms with Crippen molar-refractivity contribution in [3.05, 3.63) is 48.0 Å². The van der Waals surface area contributed by atoms with Crippen LogP contribution in [0.3, 0.4) is 0 Å². The van der Waals surface area contributed by atoms with Crippen molar-refractivity contribution in [2.45, 2.75) is 62.9 Å². The molecule has 4 heterocycles. The smallest absolute Gasteiger partial charge is 0.317 e. The maximum absolute atomic E-state index is 14.1. The van der Waals surface area contributed by atoms with E-state index in [0.29, 0.717) is 42.1 Å². The Kier molecular flexibility index (Phi) is 6.42. The van der Waals surface area contributed by atoms with E-state index in [4.69, 9.17) is 9.26 Å². The van der Waals surface area contributed by atoms with Crippen LogP contribution in [-0.2, 0) is 19.7 Å². The molecule has 1 aromatic carbocycles. The molecule has 0 radical (unpaired) electrons. The summed E-state index contributed by atoms with van der Waals surface area (Å²) in [4.78, 5) is 26.5. The number of carbonyl (C=O) groups is 2. The SMILES string of the molecule is O=C(C[N+]12CCC(CC1)C(OC(=O)C1(c3cccc(F)c3)CCCCCC1)C2)Nc1ccon1. The second-order valence-electron chi connectivity index (χ2n) is 10.4. The molecule has 3 aliphatic heterocycles. The van der Waals surface area contributed by atoms with Crippen LogP contribution >= 0.6 is 0 Å². The molecule has 2 bridgehead atoms. The maximum atomic E-state index is 14.1. The van der Waals surface area contributed by atoms with E-state index >= 15 is 0 Å². The number of piperidine rings is 3. The highest BCUT2D eigenvalue weighted by molar-refractivity contribution is 5.90. The summed E-state index contributed by atoms with van der Waals surface area (Å²) in [5.41, 5.74) is -0.0590. The Balaban J connectivity index is 1.32. The zero-order valence-electron chi connectivity index (χ0n) is 19.5. The van der Waals surface area contributed by atoms with Crippen LogP contribution < -0.4 is 5.32 Å². The van der Waals surface area contributed by atoms with Crippen molar-refractivity contribution in [3.8, 4) is 0 Å². The second kappa shape index (κ2) is 9.49. The molecule has 1 unspecified atom stereocenters. The van der Waals surface area contributed by atoms with Crippen molar-refractivity contribution in [1.82, 2.24) is 5.16 Å². The number of nitrogens with one attached hydrogen (secondary N) is 1. The molecule has 182 valence electrons. The lowest BCUT2D eigenvalue weighted by atomic mass is 9.74. The average Bonchev–Trinajstić information content (AvgIpc) is 3.20. The minimum Gasteiger partial charge on any atom is -0.455 e. The van der Waals surface area contributed by atoms with Crippen molar-refractivity contribution in [1.29, 1.82) is 0 Å². The predicted octanol–water partition coefficient (Wildman–Crippen LogP) is 4.20. The third-order valence-corrected chi connectivity index (χ3v) is 8.21. The Labute approximate surface area is 199 Å². The molecule has 4 aliphatic rings. The Bertz CT molecular complexity index is 1010. The number of ether oxygens (including phenoxy) is 1. The molecule has 34 heavy (non-hydrogen) atoms. The predicted molar refractivity (Wildman–Crippen MR) is 123 cm³/mol. The first-order valence-electron chi connectivity index (χ1n) is 12.5. The van der Waals surface area contributed by atoms with E-state index in [1.54, 1.807) is 12.1 Å². The number of rotatable bonds is 6. The molecule has 1 amide bonds. The molecule has 1 N–H and O–H groups in total. The summed E-state index contributed by atoms with van der Waals surface area (Å²) in [6.07, 6.45) is 8.47. The van der Waals surface area contributed by atoms with Crippen molar-refractivity contribution in [2.24, 2.45) is 5.92 Å². The first-order chi connectivity index (χ1) is 16.5. The Morgan fingerprint density at radius 3 is 2.59 bits per heavy atom. The number of halogens is 1. The number of hydrogen-bond donors (Lipinski definition) is 1. The van der Waals surface area contributed by atoms with Crippen molar-refractivity contribution >= 4 is 17.7 Å². The van der Waals surface area contributed by atoms with Gasteiger partial charge in [-0.15, -0.1) is 0 Å². The van der Waals surface area contributed by atoms with Gasteiger partial charge in [-0.1, -0.05) is 43.0 Å². The summed E-state index contributed by atoms with van der Waals surface area (Å²) >= 11 is 0. The fraction of sp³-hybridized carbons (Fsp3) is 0.577. The normalized spacial score (nSPS) is 28.1. The van der Waals surface area contributed by atoms with Crippen LogP contribution in [0, 0.1) is 11.7 Å². The van der Waals surface area contributed by atoms with Gasteiger partial charge in [0.25, 0.3) is 5.91 Å². The number of anilines is 1. The Morgan fingerprint density at radius 1 is 1.15 bits per heavy atom. The van der Waals surface area contributed by atoms with Crippen LogP contribution in [0.5, 0.6) is 0 Å². The van der Waals surface area contributed by atoms with E-state index in [1.165, 1.54) is 18.4 Å². The molecule has 2 aromatic rings. The molecular weight excluding hydrogens is 437 g/mol. The van der Waals surface area contributed by atoms with Gasteiger partial charge in [0.1, 0.15) is 18.6 Å². The molecule has 6 rings (SSSR count). The minimum absolute atomic E-state index is 0.112. The van der Waals surface area contributed by atoms with Gasteiger partial charge >= 0.3 is 5.97 Å². The quantitative estimate of drug-likeness (QED) is 0.389. The zero-order chi connectivity index (χ0) is 23.6. The molecule has 0 spiro atoms. The summed E-state index contributed by atoms with van der Waals surface area (Å²) in [6, 6.07) is 8.10. The highest BCUT2D eigenvalue weighted by Gasteiger charge is 2.51. The van der Waals surface area contributed by atoms with Gasteiger partial charge in [0, 0.05) is 24.8 Å². The van der Waals surface area contributed by atoms with Crippen molar-refractivity contribution in [2.75, 3.05) is 31.5 Å². The largest absolute Gasteiger partial charge is 0.455 e. The van der Waals surface area contributed by atoms with Crippen LogP contribution in [0.25, 0.3) is 0 Å². The molecule has 1 saturated carbocycles.